The first-order valence-electron chi connectivity index (χ1n) is 11.1. The molecule has 0 unspecified atom stereocenters. The molecule has 2 N–H and O–H groups in total. The van der Waals surface area contributed by atoms with E-state index in [9.17, 15) is 0 Å². The van der Waals surface area contributed by atoms with Crippen molar-refractivity contribution in [3.63, 3.8) is 0 Å². The predicted molar refractivity (Wildman–Crippen MR) is 132 cm³/mol. The zero-order chi connectivity index (χ0) is 23.4. The lowest BCUT2D eigenvalue weighted by Crippen LogP contribution is -2.45. The molecular weight excluding hydrogens is 416 g/mol. The van der Waals surface area contributed by atoms with Crippen LogP contribution in [-0.4, -0.2) is 74.5 Å². The summed E-state index contributed by atoms with van der Waals surface area (Å²) in [5.74, 6) is 1.73. The van der Waals surface area contributed by atoms with E-state index in [0.29, 0.717) is 29.9 Å². The van der Waals surface area contributed by atoms with Crippen LogP contribution in [0.3, 0.4) is 0 Å². The smallest absolute Gasteiger partial charge is 0.255 e. The lowest BCUT2D eigenvalue weighted by atomic mass is 10.2. The molecule has 1 saturated heterocycles. The molecule has 10 nitrogen and oxygen atoms in total. The van der Waals surface area contributed by atoms with Crippen LogP contribution < -0.4 is 10.6 Å². The van der Waals surface area contributed by atoms with Gasteiger partial charge in [-0.15, -0.1) is 0 Å². The third kappa shape index (κ3) is 5.06. The molecule has 4 rings (SSSR count). The van der Waals surface area contributed by atoms with Gasteiger partial charge in [-0.05, 0) is 50.9 Å². The number of hydrogen-bond donors (Lipinski definition) is 1. The minimum Gasteiger partial charge on any atom is -0.405 e. The minimum atomic E-state index is 0.348. The van der Waals surface area contributed by atoms with Gasteiger partial charge in [0.25, 0.3) is 5.95 Å². The highest BCUT2D eigenvalue weighted by Crippen LogP contribution is 2.17. The predicted octanol–water partition coefficient (Wildman–Crippen LogP) is 2.07. The molecule has 10 heteroatoms. The number of hydrogen-bond acceptors (Lipinski definition) is 8. The van der Waals surface area contributed by atoms with Gasteiger partial charge in [-0.25, -0.2) is 9.98 Å². The van der Waals surface area contributed by atoms with E-state index in [-0.39, 0.29) is 0 Å². The highest BCUT2D eigenvalue weighted by atomic mass is 15.3. The number of aromatic nitrogens is 5. The number of imidazole rings is 1. The number of nitrogens with zero attached hydrogens (tertiary/aromatic N) is 9. The Morgan fingerprint density at radius 2 is 1.91 bits per heavy atom. The van der Waals surface area contributed by atoms with Crippen LogP contribution in [0.4, 0.5) is 11.9 Å². The molecule has 1 fully saturated rings. The molecule has 0 spiro atoms. The Bertz CT molecular complexity index is 1220. The molecule has 0 aromatic carbocycles. The number of likely N-dealkylation sites (N-methyl/N-ethyl adjacent to an activating group) is 1. The van der Waals surface area contributed by atoms with Crippen LogP contribution in [-0.2, 0) is 6.42 Å². The Morgan fingerprint density at radius 3 is 2.64 bits per heavy atom. The van der Waals surface area contributed by atoms with Gasteiger partial charge in [-0.2, -0.15) is 19.9 Å². The normalized spacial score (nSPS) is 16.0. The number of nitrogens with two attached hydrogens (primary N) is 1. The van der Waals surface area contributed by atoms with Crippen molar-refractivity contribution in [2.45, 2.75) is 27.2 Å². The molecule has 4 heterocycles. The summed E-state index contributed by atoms with van der Waals surface area (Å²) >= 11 is 0. The molecule has 0 amide bonds. The summed E-state index contributed by atoms with van der Waals surface area (Å²) in [6.45, 7) is 9.73. The van der Waals surface area contributed by atoms with Gasteiger partial charge >= 0.3 is 0 Å². The maximum absolute atomic E-state index is 5.71. The van der Waals surface area contributed by atoms with E-state index < -0.39 is 0 Å². The third-order valence-electron chi connectivity index (χ3n) is 5.58. The Balaban J connectivity index is 1.65. The highest BCUT2D eigenvalue weighted by molar-refractivity contribution is 6.11. The number of fused-ring (bicyclic) bond motifs is 1. The van der Waals surface area contributed by atoms with E-state index in [1.807, 2.05) is 43.5 Å². The maximum atomic E-state index is 5.71. The van der Waals surface area contributed by atoms with Crippen molar-refractivity contribution >= 4 is 29.6 Å². The fourth-order valence-corrected chi connectivity index (χ4v) is 3.75. The van der Waals surface area contributed by atoms with Crippen molar-refractivity contribution in [3.8, 4) is 0 Å². The summed E-state index contributed by atoms with van der Waals surface area (Å²) < 4.78 is 2.00. The second-order valence-corrected chi connectivity index (χ2v) is 8.09. The molecule has 33 heavy (non-hydrogen) atoms. The molecule has 1 aliphatic rings. The second-order valence-electron chi connectivity index (χ2n) is 8.09. The third-order valence-corrected chi connectivity index (χ3v) is 5.58. The van der Waals surface area contributed by atoms with Crippen molar-refractivity contribution in [2.75, 3.05) is 38.1 Å². The van der Waals surface area contributed by atoms with Gasteiger partial charge in [0.05, 0.1) is 17.1 Å². The zero-order valence-electron chi connectivity index (χ0n) is 19.6. The number of aryl methyl sites for hydroxylation is 3. The Morgan fingerprint density at radius 1 is 1.12 bits per heavy atom. The van der Waals surface area contributed by atoms with Crippen LogP contribution in [0.1, 0.15) is 29.7 Å². The summed E-state index contributed by atoms with van der Waals surface area (Å²) in [5.41, 5.74) is 10.1. The summed E-state index contributed by atoms with van der Waals surface area (Å²) in [6.07, 6.45) is 7.35. The number of anilines is 1. The van der Waals surface area contributed by atoms with Gasteiger partial charge in [0, 0.05) is 38.8 Å². The maximum Gasteiger partial charge on any atom is 0.255 e. The van der Waals surface area contributed by atoms with Gasteiger partial charge in [0.2, 0.25) is 5.95 Å². The average Bonchev–Trinajstić information content (AvgIpc) is 3.13. The molecule has 0 bridgehead atoms. The fourth-order valence-electron chi connectivity index (χ4n) is 3.75. The summed E-state index contributed by atoms with van der Waals surface area (Å²) in [4.78, 5) is 31.8. The van der Waals surface area contributed by atoms with E-state index in [0.717, 1.165) is 48.8 Å². The molecular formula is C23H30N10. The topological polar surface area (TPSA) is 113 Å². The van der Waals surface area contributed by atoms with Crippen LogP contribution in [0.25, 0.3) is 5.65 Å². The lowest BCUT2D eigenvalue weighted by molar-refractivity contribution is 0.311. The standard InChI is InChI=1S/C23H30N10/c1-5-19-28-22(30-23(29-19)32-12-10-31(4)11-13-32)26-15-25-18(6-8-24)21-17(3)27-20-14-16(2)7-9-33(20)21/h6-9,14-15H,5,10-13,24H2,1-4H3. The fraction of sp³-hybridized carbons (Fsp3) is 0.391. The molecule has 0 saturated carbocycles. The van der Waals surface area contributed by atoms with E-state index in [1.165, 1.54) is 12.5 Å². The molecule has 3 aromatic rings. The molecule has 3 aromatic heterocycles. The Hall–Kier alpha value is -3.66. The zero-order valence-corrected chi connectivity index (χ0v) is 19.6. The van der Waals surface area contributed by atoms with Crippen molar-refractivity contribution in [3.05, 3.63) is 53.4 Å². The highest BCUT2D eigenvalue weighted by Gasteiger charge is 2.18. The SMILES string of the molecule is CCc1nc(N=CN=C(C=CN)c2c(C)nc3cc(C)ccn23)nc(N2CCN(C)CC2)n1. The van der Waals surface area contributed by atoms with Crippen molar-refractivity contribution in [1.29, 1.82) is 0 Å². The molecule has 0 aliphatic carbocycles. The first-order chi connectivity index (χ1) is 16.0. The monoisotopic (exact) mass is 446 g/mol. The molecule has 0 radical (unpaired) electrons. The average molecular weight is 447 g/mol. The number of aliphatic imine (C=N–C) groups is 2. The van der Waals surface area contributed by atoms with E-state index in [2.05, 4.69) is 46.8 Å². The van der Waals surface area contributed by atoms with E-state index in [4.69, 9.17) is 5.73 Å². The summed E-state index contributed by atoms with van der Waals surface area (Å²) in [5, 5.41) is 0. The van der Waals surface area contributed by atoms with Crippen LogP contribution >= 0.6 is 0 Å². The number of allylic oxidation sites excluding steroid dienone is 1. The number of rotatable bonds is 6. The van der Waals surface area contributed by atoms with Crippen LogP contribution in [0.5, 0.6) is 0 Å². The van der Waals surface area contributed by atoms with Gasteiger partial charge in [-0.1, -0.05) is 6.92 Å². The summed E-state index contributed by atoms with van der Waals surface area (Å²) in [6, 6.07) is 4.07. The van der Waals surface area contributed by atoms with E-state index in [1.54, 1.807) is 6.08 Å². The van der Waals surface area contributed by atoms with E-state index >= 15 is 0 Å². The van der Waals surface area contributed by atoms with Crippen molar-refractivity contribution in [1.82, 2.24) is 29.2 Å². The molecule has 1 aliphatic heterocycles. The lowest BCUT2D eigenvalue weighted by Gasteiger charge is -2.32. The largest absolute Gasteiger partial charge is 0.405 e. The van der Waals surface area contributed by atoms with Crippen LogP contribution in [0, 0.1) is 13.8 Å². The van der Waals surface area contributed by atoms with Gasteiger partial charge in [-0.3, -0.25) is 4.40 Å². The number of pyridine rings is 1. The first kappa shape index (κ1) is 22.5. The minimum absolute atomic E-state index is 0.348. The van der Waals surface area contributed by atoms with Crippen LogP contribution in [0.2, 0.25) is 0 Å². The van der Waals surface area contributed by atoms with Gasteiger partial charge in [0.15, 0.2) is 0 Å². The molecule has 0 atom stereocenters. The quantitative estimate of drug-likeness (QED) is 0.455. The Labute approximate surface area is 193 Å². The number of piperazine rings is 1. The van der Waals surface area contributed by atoms with Gasteiger partial charge < -0.3 is 15.5 Å². The van der Waals surface area contributed by atoms with Gasteiger partial charge in [0.1, 0.15) is 17.8 Å². The van der Waals surface area contributed by atoms with Crippen molar-refractivity contribution < 1.29 is 0 Å². The van der Waals surface area contributed by atoms with Crippen LogP contribution in [0.15, 0.2) is 40.6 Å². The first-order valence-corrected chi connectivity index (χ1v) is 11.1. The molecule has 172 valence electrons. The summed E-state index contributed by atoms with van der Waals surface area (Å²) in [7, 11) is 2.12. The van der Waals surface area contributed by atoms with Crippen molar-refractivity contribution in [2.24, 2.45) is 15.7 Å². The second kappa shape index (κ2) is 9.86. The Kier molecular flexibility index (Phi) is 6.74.